The first-order valence-corrected chi connectivity index (χ1v) is 26.8. The normalized spacial score (nSPS) is 11.8. The Hall–Kier alpha value is -1.48. The van der Waals surface area contributed by atoms with Gasteiger partial charge in [0.05, 0.1) is 6.61 Å². The summed E-state index contributed by atoms with van der Waals surface area (Å²) < 4.78 is 53.0. The molecule has 370 valence electrons. The van der Waals surface area contributed by atoms with Gasteiger partial charge in [0.15, 0.2) is 6.10 Å². The molecule has 0 rings (SSSR count). The van der Waals surface area contributed by atoms with Gasteiger partial charge in [0.1, 0.15) is 13.2 Å². The van der Waals surface area contributed by atoms with Gasteiger partial charge in [0, 0.05) is 25.9 Å². The van der Waals surface area contributed by atoms with Crippen LogP contribution in [0.15, 0.2) is 24.3 Å². The number of nitrogens with zero attached hydrogens (tertiary/aromatic N) is 1. The van der Waals surface area contributed by atoms with Gasteiger partial charge < -0.3 is 29.0 Å². The molecule has 64 heavy (non-hydrogen) atoms. The molecular weight excluding hydrogens is 844 g/mol. The van der Waals surface area contributed by atoms with E-state index in [1.165, 1.54) is 89.9 Å². The molecule has 0 radical (unpaired) electrons. The third-order valence-electron chi connectivity index (χ3n) is 11.0. The molecule has 0 fully saturated rings. The molecule has 0 aromatic carbocycles. The minimum absolute atomic E-state index is 0. The van der Waals surface area contributed by atoms with E-state index in [9.17, 15) is 27.4 Å². The zero-order chi connectivity index (χ0) is 46.3. The average molecular weight is 937 g/mol. The summed E-state index contributed by atoms with van der Waals surface area (Å²) in [5, 5.41) is 2.73. The summed E-state index contributed by atoms with van der Waals surface area (Å²) >= 11 is 0. The second kappa shape index (κ2) is 49.4. The van der Waals surface area contributed by atoms with Crippen molar-refractivity contribution in [3.8, 4) is 0 Å². The van der Waals surface area contributed by atoms with Crippen molar-refractivity contribution in [2.75, 3.05) is 46.0 Å². The van der Waals surface area contributed by atoms with Crippen molar-refractivity contribution in [3.05, 3.63) is 24.3 Å². The zero-order valence-electron chi connectivity index (χ0n) is 41.4. The monoisotopic (exact) mass is 937 g/mol. The molecule has 1 N–H and O–H groups in total. The minimum Gasteiger partial charge on any atom is -0.726 e. The fourth-order valence-corrected chi connectivity index (χ4v) is 7.49. The number of nitrogens with one attached hydrogen (secondary N) is 1. The maximum Gasteiger partial charge on any atom is 1.00 e. The third-order valence-corrected chi connectivity index (χ3v) is 11.5. The predicted octanol–water partition coefficient (Wildman–Crippen LogP) is 9.61. The summed E-state index contributed by atoms with van der Waals surface area (Å²) in [6.07, 6.45) is 41.5. The number of amides is 1. The van der Waals surface area contributed by atoms with Crippen LogP contribution in [0.2, 0.25) is 0 Å². The van der Waals surface area contributed by atoms with E-state index in [1.54, 1.807) is 0 Å². The number of rotatable bonds is 47. The van der Waals surface area contributed by atoms with Crippen LogP contribution in [0.1, 0.15) is 226 Å². The molecule has 0 atom stereocenters. The van der Waals surface area contributed by atoms with Crippen molar-refractivity contribution in [1.82, 2.24) is 10.2 Å². The fourth-order valence-electron chi connectivity index (χ4n) is 7.16. The SMILES string of the molecule is CCCCCCCC/C=C\CCCCCCCC(=O)OCC(COC(=O)CCCCCCC/C=C\CCCCCCCC)OC(=O)NCCCN(CCCC)CCCOS(=O)(=O)[O-].[Na+]. The van der Waals surface area contributed by atoms with Gasteiger partial charge in [-0.25, -0.2) is 13.2 Å². The van der Waals surface area contributed by atoms with E-state index in [-0.39, 0.29) is 74.2 Å². The van der Waals surface area contributed by atoms with E-state index in [1.807, 2.05) is 0 Å². The maximum atomic E-state index is 12.8. The second-order valence-electron chi connectivity index (χ2n) is 17.1. The van der Waals surface area contributed by atoms with Gasteiger partial charge in [0.2, 0.25) is 10.4 Å². The first kappa shape index (κ1) is 64.6. The second-order valence-corrected chi connectivity index (χ2v) is 18.2. The number of allylic oxidation sites excluding steroid dienone is 4. The Balaban J connectivity index is 0. The van der Waals surface area contributed by atoms with Crippen molar-refractivity contribution in [2.45, 2.75) is 232 Å². The van der Waals surface area contributed by atoms with Crippen LogP contribution in [-0.2, 0) is 38.4 Å². The summed E-state index contributed by atoms with van der Waals surface area (Å²) in [7, 11) is -4.72. The van der Waals surface area contributed by atoms with E-state index in [0.29, 0.717) is 32.5 Å². The van der Waals surface area contributed by atoms with Crippen molar-refractivity contribution >= 4 is 28.4 Å². The van der Waals surface area contributed by atoms with Gasteiger partial charge in [0.25, 0.3) is 0 Å². The summed E-state index contributed by atoms with van der Waals surface area (Å²) in [5.41, 5.74) is 0. The smallest absolute Gasteiger partial charge is 0.726 e. The van der Waals surface area contributed by atoms with Gasteiger partial charge in [-0.1, -0.05) is 154 Å². The standard InChI is InChI=1S/C50H94N2O10S.Na/c1-4-7-10-12-14-16-18-20-22-24-26-28-30-32-34-38-48(53)59-45-47(62-50(55)51-40-36-42-52(41-9-6-3)43-37-44-61-63(56,57)58)46-60-49(54)39-35-33-31-29-27-25-23-21-19-17-15-13-11-8-5-2;/h20-23,47H,4-19,24-46H2,1-3H3,(H,51,55)(H,56,57,58);/q;+1/p-1/b22-20-,23-21-;. The molecule has 1 amide bonds. The number of carbonyl (C=O) groups is 3. The number of hydrogen-bond acceptors (Lipinski definition) is 11. The van der Waals surface area contributed by atoms with E-state index in [0.717, 1.165) is 96.4 Å². The number of alkyl carbamates (subject to hydrolysis) is 1. The predicted molar refractivity (Wildman–Crippen MR) is 255 cm³/mol. The summed E-state index contributed by atoms with van der Waals surface area (Å²) in [6.45, 7) is 8.27. The Labute approximate surface area is 414 Å². The Morgan fingerprint density at radius 3 is 1.33 bits per heavy atom. The average Bonchev–Trinajstić information content (AvgIpc) is 3.25. The van der Waals surface area contributed by atoms with E-state index in [4.69, 9.17) is 14.2 Å². The number of hydrogen-bond donors (Lipinski definition) is 1. The van der Waals surface area contributed by atoms with E-state index >= 15 is 0 Å². The molecule has 0 aromatic rings. The molecule has 0 aliphatic rings. The summed E-state index contributed by atoms with van der Waals surface area (Å²) in [5.74, 6) is -0.738. The van der Waals surface area contributed by atoms with Crippen molar-refractivity contribution < 1.29 is 75.3 Å². The molecule has 0 saturated heterocycles. The van der Waals surface area contributed by atoms with Crippen LogP contribution < -0.4 is 34.9 Å². The molecule has 0 bridgehead atoms. The number of esters is 2. The Morgan fingerprint density at radius 2 is 0.906 bits per heavy atom. The van der Waals surface area contributed by atoms with Gasteiger partial charge in [-0.15, -0.1) is 0 Å². The number of ether oxygens (including phenoxy) is 3. The Bertz CT molecular complexity index is 1180. The molecule has 0 aromatic heterocycles. The molecule has 0 saturated carbocycles. The topological polar surface area (TPSA) is 161 Å². The van der Waals surface area contributed by atoms with Crippen LogP contribution in [-0.4, -0.2) is 88.0 Å². The van der Waals surface area contributed by atoms with Crippen LogP contribution in [0.25, 0.3) is 0 Å². The Morgan fingerprint density at radius 1 is 0.531 bits per heavy atom. The van der Waals surface area contributed by atoms with Gasteiger partial charge >= 0.3 is 47.6 Å². The largest absolute Gasteiger partial charge is 1.00 e. The van der Waals surface area contributed by atoms with E-state index in [2.05, 4.69) is 59.5 Å². The van der Waals surface area contributed by atoms with Crippen molar-refractivity contribution in [3.63, 3.8) is 0 Å². The van der Waals surface area contributed by atoms with Crippen LogP contribution >= 0.6 is 0 Å². The van der Waals surface area contributed by atoms with Gasteiger partial charge in [-0.2, -0.15) is 0 Å². The number of carbonyl (C=O) groups excluding carboxylic acids is 3. The minimum atomic E-state index is -4.72. The first-order chi connectivity index (χ1) is 30.6. The van der Waals surface area contributed by atoms with Crippen LogP contribution in [0.5, 0.6) is 0 Å². The molecule has 0 heterocycles. The van der Waals surface area contributed by atoms with Gasteiger partial charge in [-0.05, 0) is 96.6 Å². The molecular formula is C50H93N2NaO10S. The molecule has 0 unspecified atom stereocenters. The van der Waals surface area contributed by atoms with Crippen molar-refractivity contribution in [1.29, 1.82) is 0 Å². The molecule has 0 aliphatic heterocycles. The molecule has 0 aliphatic carbocycles. The summed E-state index contributed by atoms with van der Waals surface area (Å²) in [6, 6.07) is 0. The maximum absolute atomic E-state index is 12.8. The summed E-state index contributed by atoms with van der Waals surface area (Å²) in [4.78, 5) is 40.1. The zero-order valence-corrected chi connectivity index (χ0v) is 44.2. The molecule has 0 spiro atoms. The van der Waals surface area contributed by atoms with Crippen LogP contribution in [0.4, 0.5) is 4.79 Å². The Kier molecular flexibility index (Phi) is 49.9. The van der Waals surface area contributed by atoms with Crippen molar-refractivity contribution in [2.24, 2.45) is 0 Å². The third kappa shape index (κ3) is 49.9. The quantitative estimate of drug-likeness (QED) is 0.0118. The van der Waals surface area contributed by atoms with Gasteiger partial charge in [-0.3, -0.25) is 13.8 Å². The number of unbranched alkanes of at least 4 members (excludes halogenated alkanes) is 23. The first-order valence-electron chi connectivity index (χ1n) is 25.5. The van der Waals surface area contributed by atoms with Crippen LogP contribution in [0.3, 0.4) is 0 Å². The van der Waals surface area contributed by atoms with E-state index < -0.39 is 22.6 Å². The van der Waals surface area contributed by atoms with Crippen LogP contribution in [0, 0.1) is 0 Å². The fraction of sp³-hybridized carbons (Fsp3) is 0.860. The molecule has 14 heteroatoms. The molecule has 12 nitrogen and oxygen atoms in total.